The lowest BCUT2D eigenvalue weighted by atomic mass is 10.0. The molecule has 0 saturated heterocycles. The number of carboxylic acids is 1. The van der Waals surface area contributed by atoms with Gasteiger partial charge >= 0.3 is 5.97 Å². The Bertz CT molecular complexity index is 1920. The van der Waals surface area contributed by atoms with Crippen molar-refractivity contribution in [3.8, 4) is 5.75 Å². The molecule has 54 heavy (non-hydrogen) atoms. The molecule has 14 nitrogen and oxygen atoms in total. The maximum absolute atomic E-state index is 14.5. The van der Waals surface area contributed by atoms with Gasteiger partial charge in [0.1, 0.15) is 17.6 Å². The molecule has 0 radical (unpaired) electrons. The van der Waals surface area contributed by atoms with Gasteiger partial charge in [0.15, 0.2) is 0 Å². The van der Waals surface area contributed by atoms with Crippen molar-refractivity contribution in [2.45, 2.75) is 66.0 Å². The maximum atomic E-state index is 14.5. The summed E-state index contributed by atoms with van der Waals surface area (Å²) in [5, 5.41) is 17.7. The number of fused-ring (bicyclic) bond motifs is 1. The van der Waals surface area contributed by atoms with E-state index in [2.05, 4.69) is 25.8 Å². The minimum Gasteiger partial charge on any atom is -0.497 e. The lowest BCUT2D eigenvalue weighted by molar-refractivity contribution is -0.142. The van der Waals surface area contributed by atoms with Crippen LogP contribution in [0.3, 0.4) is 0 Å². The number of methoxy groups -OCH3 is 1. The summed E-state index contributed by atoms with van der Waals surface area (Å²) >= 11 is 0. The monoisotopic (exact) mass is 746 g/mol. The second-order valence-electron chi connectivity index (χ2n) is 12.8. The van der Waals surface area contributed by atoms with E-state index in [1.807, 2.05) is 13.8 Å². The highest BCUT2D eigenvalue weighted by Crippen LogP contribution is 2.39. The van der Waals surface area contributed by atoms with Crippen molar-refractivity contribution in [3.05, 3.63) is 81.9 Å². The Hall–Kier alpha value is -5.83. The summed E-state index contributed by atoms with van der Waals surface area (Å²) in [6, 6.07) is 9.11. The quantitative estimate of drug-likeness (QED) is 0.121. The summed E-state index contributed by atoms with van der Waals surface area (Å²) in [5.74, 6) is -4.29. The van der Waals surface area contributed by atoms with Gasteiger partial charge in [0, 0.05) is 55.8 Å². The van der Waals surface area contributed by atoms with Gasteiger partial charge in [0.2, 0.25) is 17.7 Å². The van der Waals surface area contributed by atoms with Gasteiger partial charge in [-0.2, -0.15) is 0 Å². The van der Waals surface area contributed by atoms with E-state index in [1.54, 1.807) is 45.2 Å². The first kappa shape index (κ1) is 40.9. The summed E-state index contributed by atoms with van der Waals surface area (Å²) in [6.45, 7) is 10.6. The average molecular weight is 747 g/mol. The fourth-order valence-corrected chi connectivity index (χ4v) is 6.17. The zero-order valence-corrected chi connectivity index (χ0v) is 31.1. The molecule has 15 heteroatoms. The largest absolute Gasteiger partial charge is 0.497 e. The molecule has 0 bridgehead atoms. The number of rotatable bonds is 18. The van der Waals surface area contributed by atoms with E-state index in [0.717, 1.165) is 35.7 Å². The number of halogens is 1. The second-order valence-corrected chi connectivity index (χ2v) is 12.8. The Morgan fingerprint density at radius 3 is 2.31 bits per heavy atom. The number of carbonyl (C=O) groups is 6. The summed E-state index contributed by atoms with van der Waals surface area (Å²) < 4.78 is 19.6. The van der Waals surface area contributed by atoms with Gasteiger partial charge in [0.05, 0.1) is 23.9 Å². The Kier molecular flexibility index (Phi) is 14.2. The number of imide groups is 1. The minimum atomic E-state index is -1.48. The molecule has 1 atom stereocenters. The number of aromatic amines is 1. The maximum Gasteiger partial charge on any atom is 0.326 e. The number of hydrogen-bond donors (Lipinski definition) is 5. The van der Waals surface area contributed by atoms with Gasteiger partial charge in [-0.25, -0.2) is 14.1 Å². The third-order valence-corrected chi connectivity index (χ3v) is 9.28. The number of carbonyl (C=O) groups excluding carboxylic acids is 5. The molecular weight excluding hydrogens is 699 g/mol. The van der Waals surface area contributed by atoms with E-state index in [-0.39, 0.29) is 48.5 Å². The van der Waals surface area contributed by atoms with Crippen LogP contribution in [0, 0.1) is 19.7 Å². The number of aliphatic carboxylic acids is 1. The SMILES string of the molecule is CCN(CC)CCNC(=O)c1c(C)[nH]c(/C=C2\C(=O)N(C(=O)CC[C@@H](NC(=O)CCC(=O)NCc3ccc(OC)cc3)C(=O)O)c3ccc(F)cc32)c1C. The number of aromatic nitrogens is 1. The number of aryl methyl sites for hydroxylation is 1. The Morgan fingerprint density at radius 2 is 1.67 bits per heavy atom. The first-order chi connectivity index (χ1) is 25.8. The highest BCUT2D eigenvalue weighted by molar-refractivity contribution is 6.42. The smallest absolute Gasteiger partial charge is 0.326 e. The molecule has 0 aliphatic carbocycles. The predicted molar refractivity (Wildman–Crippen MR) is 200 cm³/mol. The molecule has 5 N–H and O–H groups in total. The molecule has 0 saturated carbocycles. The molecule has 2 heterocycles. The van der Waals surface area contributed by atoms with Crippen LogP contribution < -0.4 is 25.6 Å². The lowest BCUT2D eigenvalue weighted by Gasteiger charge is -2.18. The summed E-state index contributed by atoms with van der Waals surface area (Å²) in [6.07, 6.45) is 0.177. The van der Waals surface area contributed by atoms with Crippen LogP contribution in [0.4, 0.5) is 10.1 Å². The van der Waals surface area contributed by atoms with Crippen molar-refractivity contribution >= 4 is 52.8 Å². The summed E-state index contributed by atoms with van der Waals surface area (Å²) in [7, 11) is 1.54. The number of nitrogens with zero attached hydrogens (tertiary/aromatic N) is 2. The molecule has 4 rings (SSSR count). The number of nitrogens with one attached hydrogen (secondary N) is 4. The lowest BCUT2D eigenvalue weighted by Crippen LogP contribution is -2.42. The molecule has 1 aliphatic heterocycles. The number of amides is 5. The number of likely N-dealkylation sites (N-methyl/N-ethyl adjacent to an activating group) is 1. The Labute approximate surface area is 313 Å². The second kappa shape index (κ2) is 18.8. The van der Waals surface area contributed by atoms with E-state index < -0.39 is 47.9 Å². The van der Waals surface area contributed by atoms with Crippen LogP contribution >= 0.6 is 0 Å². The van der Waals surface area contributed by atoms with Crippen molar-refractivity contribution in [3.63, 3.8) is 0 Å². The topological polar surface area (TPSA) is 190 Å². The molecule has 3 aromatic rings. The van der Waals surface area contributed by atoms with Crippen LogP contribution in [0.5, 0.6) is 5.75 Å². The molecule has 288 valence electrons. The van der Waals surface area contributed by atoms with Crippen LogP contribution in [0.25, 0.3) is 11.6 Å². The predicted octanol–water partition coefficient (Wildman–Crippen LogP) is 3.71. The first-order valence-electron chi connectivity index (χ1n) is 17.8. The highest BCUT2D eigenvalue weighted by Gasteiger charge is 2.38. The van der Waals surface area contributed by atoms with E-state index in [0.29, 0.717) is 41.4 Å². The van der Waals surface area contributed by atoms with Crippen molar-refractivity contribution < 1.29 is 43.0 Å². The zero-order valence-electron chi connectivity index (χ0n) is 31.1. The average Bonchev–Trinajstić information content (AvgIpc) is 3.59. The Morgan fingerprint density at radius 1 is 0.981 bits per heavy atom. The molecule has 1 aliphatic rings. The van der Waals surface area contributed by atoms with E-state index >= 15 is 0 Å². The van der Waals surface area contributed by atoms with Gasteiger partial charge in [0.25, 0.3) is 11.8 Å². The van der Waals surface area contributed by atoms with Gasteiger partial charge in [-0.1, -0.05) is 26.0 Å². The number of ether oxygens (including phenoxy) is 1. The molecule has 5 amide bonds. The normalized spacial score (nSPS) is 13.5. The van der Waals surface area contributed by atoms with Gasteiger partial charge in [-0.15, -0.1) is 0 Å². The number of anilines is 1. The number of carboxylic acid groups (broad SMARTS) is 1. The fourth-order valence-electron chi connectivity index (χ4n) is 6.17. The molecule has 0 unspecified atom stereocenters. The highest BCUT2D eigenvalue weighted by atomic mass is 19.1. The standard InChI is InChI=1S/C39H47FN6O8/c1-6-45(7-2)19-18-41-37(50)36-23(3)31(43-24(36)4)21-29-28-20-26(40)10-14-32(28)46(38(29)51)35(49)17-13-30(39(52)53)44-34(48)16-15-33(47)42-22-25-8-11-27(54-5)12-9-25/h8-12,14,20-21,30,43H,6-7,13,15-19,22H2,1-5H3,(H,41,50)(H,42,47)(H,44,48)(H,52,53)/b29-21-/t30-/m1/s1. The first-order valence-corrected chi connectivity index (χ1v) is 17.8. The third kappa shape index (κ3) is 10.2. The fraction of sp³-hybridized carbons (Fsp3) is 0.385. The van der Waals surface area contributed by atoms with E-state index in [1.165, 1.54) is 12.1 Å². The Balaban J connectivity index is 1.40. The van der Waals surface area contributed by atoms with Crippen molar-refractivity contribution in [1.29, 1.82) is 0 Å². The van der Waals surface area contributed by atoms with E-state index in [4.69, 9.17) is 4.74 Å². The third-order valence-electron chi connectivity index (χ3n) is 9.28. The molecule has 1 aromatic heterocycles. The van der Waals surface area contributed by atoms with Crippen molar-refractivity contribution in [2.24, 2.45) is 0 Å². The van der Waals surface area contributed by atoms with Gasteiger partial charge in [-0.3, -0.25) is 24.0 Å². The van der Waals surface area contributed by atoms with Crippen LogP contribution in [0.2, 0.25) is 0 Å². The summed E-state index contributed by atoms with van der Waals surface area (Å²) in [5.41, 5.74) is 3.06. The molecule has 2 aromatic carbocycles. The van der Waals surface area contributed by atoms with Crippen LogP contribution in [0.1, 0.15) is 78.0 Å². The van der Waals surface area contributed by atoms with Crippen molar-refractivity contribution in [1.82, 2.24) is 25.8 Å². The molecule has 0 fully saturated rings. The van der Waals surface area contributed by atoms with Crippen molar-refractivity contribution in [2.75, 3.05) is 38.2 Å². The molecule has 0 spiro atoms. The van der Waals surface area contributed by atoms with Crippen LogP contribution in [-0.2, 0) is 30.5 Å². The van der Waals surface area contributed by atoms with Crippen LogP contribution in [-0.4, -0.2) is 89.8 Å². The number of H-pyrrole nitrogens is 1. The van der Waals surface area contributed by atoms with Gasteiger partial charge < -0.3 is 35.7 Å². The molecular formula is C39H47FN6O8. The van der Waals surface area contributed by atoms with Crippen LogP contribution in [0.15, 0.2) is 42.5 Å². The number of hydrogen-bond acceptors (Lipinski definition) is 8. The van der Waals surface area contributed by atoms with E-state index in [9.17, 15) is 38.3 Å². The summed E-state index contributed by atoms with van der Waals surface area (Å²) in [4.78, 5) is 83.5. The number of benzene rings is 2. The zero-order chi connectivity index (χ0) is 39.5. The minimum absolute atomic E-state index is 0.00375. The van der Waals surface area contributed by atoms with Gasteiger partial charge in [-0.05, 0) is 80.9 Å².